The molecule has 3 aromatic rings. The summed E-state index contributed by atoms with van der Waals surface area (Å²) < 4.78 is 84.9. The topological polar surface area (TPSA) is 204 Å². The Hall–Kier alpha value is -4.64. The van der Waals surface area contributed by atoms with Crippen LogP contribution in [0, 0.1) is 23.0 Å². The number of nitrogens with zero attached hydrogens (tertiary/aromatic N) is 2. The molecule has 368 valence electrons. The van der Waals surface area contributed by atoms with Crippen LogP contribution in [0.5, 0.6) is 0 Å². The van der Waals surface area contributed by atoms with Crippen molar-refractivity contribution in [1.29, 1.82) is 0 Å². The highest BCUT2D eigenvalue weighted by molar-refractivity contribution is 8.00. The Balaban J connectivity index is 0.00000152. The van der Waals surface area contributed by atoms with Crippen molar-refractivity contribution >= 4 is 35.5 Å². The Labute approximate surface area is 385 Å². The fourth-order valence-corrected chi connectivity index (χ4v) is 7.83. The third-order valence-corrected chi connectivity index (χ3v) is 11.0. The fourth-order valence-electron chi connectivity index (χ4n) is 6.91. The molecule has 0 saturated carbocycles. The first-order valence-electron chi connectivity index (χ1n) is 21.4. The molecule has 1 fully saturated rings. The van der Waals surface area contributed by atoms with E-state index in [1.165, 1.54) is 6.07 Å². The molecule has 21 heteroatoms. The Morgan fingerprint density at radius 1 is 0.909 bits per heavy atom. The average Bonchev–Trinajstić information content (AvgIpc) is 3.92. The number of carboxylic acid groups (broad SMARTS) is 2. The maximum Gasteiger partial charge on any atom is 0.490 e. The molecule has 15 nitrogen and oxygen atoms in total. The number of hydrogen-bond acceptors (Lipinski definition) is 11. The Kier molecular flexibility index (Phi) is 24.1. The van der Waals surface area contributed by atoms with E-state index in [1.54, 1.807) is 0 Å². The van der Waals surface area contributed by atoms with E-state index in [0.717, 1.165) is 54.7 Å². The number of carboxylic acids is 2. The molecular weight excluding hydrogens is 898 g/mol. The van der Waals surface area contributed by atoms with E-state index in [2.05, 4.69) is 10.6 Å². The third-order valence-electron chi connectivity index (χ3n) is 9.95. The van der Waals surface area contributed by atoms with Gasteiger partial charge in [0.15, 0.2) is 0 Å². The van der Waals surface area contributed by atoms with Gasteiger partial charge in [-0.25, -0.2) is 18.4 Å². The number of halogens is 5. The van der Waals surface area contributed by atoms with Crippen molar-refractivity contribution in [3.8, 4) is 11.1 Å². The third kappa shape index (κ3) is 20.1. The number of carbonyl (C=O) groups excluding carboxylic acids is 2. The lowest BCUT2D eigenvalue weighted by atomic mass is 9.82. The van der Waals surface area contributed by atoms with Gasteiger partial charge in [-0.3, -0.25) is 9.59 Å². The number of carbonyl (C=O) groups is 4. The van der Waals surface area contributed by atoms with Gasteiger partial charge in [0.2, 0.25) is 11.8 Å². The first-order valence-corrected chi connectivity index (χ1v) is 22.6. The Bertz CT molecular complexity index is 1950. The molecule has 6 N–H and O–H groups in total. The lowest BCUT2D eigenvalue weighted by molar-refractivity contribution is -0.192. The number of nitrogens with two attached hydrogens (primary N) is 1. The number of aromatic nitrogens is 1. The van der Waals surface area contributed by atoms with Crippen LogP contribution in [-0.4, -0.2) is 146 Å². The zero-order chi connectivity index (χ0) is 48.7. The monoisotopic (exact) mass is 959 g/mol. The summed E-state index contributed by atoms with van der Waals surface area (Å²) in [4.78, 5) is 50.1. The standard InChI is InChI=1S/C43H61F2N5O8S.C2HF3O2/c1-43(2,3)41(38-23-33(35-24-34(44)9-10-36(35)45)28-49(38)26-31-7-5-4-6-8-31)50(27-32-11-14-47-25-32)40(52)30-59-29-37(42(53)54)48-39(51)12-15-55-17-19-57-21-22-58-20-18-56-16-13-46;3-2(4,5)1(6)7/h4-10,23-24,28,32,37,41,47H,11-22,25-27,29-30,46H2,1-3H3,(H,48,51)(H,53,54);(H,6,7)/t32?,37?,41-;/m0./s1. The van der Waals surface area contributed by atoms with E-state index in [-0.39, 0.29) is 48.5 Å². The van der Waals surface area contributed by atoms with Crippen LogP contribution in [0.2, 0.25) is 0 Å². The van der Waals surface area contributed by atoms with E-state index in [4.69, 9.17) is 34.6 Å². The van der Waals surface area contributed by atoms with Gasteiger partial charge in [0, 0.05) is 54.8 Å². The van der Waals surface area contributed by atoms with Gasteiger partial charge >= 0.3 is 18.1 Å². The molecule has 1 aliphatic rings. The van der Waals surface area contributed by atoms with E-state index in [0.29, 0.717) is 64.8 Å². The van der Waals surface area contributed by atoms with E-state index in [9.17, 15) is 37.1 Å². The first-order chi connectivity index (χ1) is 31.3. The summed E-state index contributed by atoms with van der Waals surface area (Å²) in [6.45, 7) is 11.9. The Morgan fingerprint density at radius 3 is 2.06 bits per heavy atom. The highest BCUT2D eigenvalue weighted by atomic mass is 32.2. The number of nitrogens with one attached hydrogen (secondary N) is 2. The summed E-state index contributed by atoms with van der Waals surface area (Å²) in [5.74, 6) is -5.64. The van der Waals surface area contributed by atoms with Crippen molar-refractivity contribution in [2.45, 2.75) is 58.4 Å². The minimum Gasteiger partial charge on any atom is -0.480 e. The van der Waals surface area contributed by atoms with Gasteiger partial charge in [0.1, 0.15) is 17.7 Å². The lowest BCUT2D eigenvalue weighted by Crippen LogP contribution is -2.46. The van der Waals surface area contributed by atoms with Crippen LogP contribution in [0.25, 0.3) is 11.1 Å². The summed E-state index contributed by atoms with van der Waals surface area (Å²) >= 11 is 1.14. The minimum atomic E-state index is -5.08. The molecule has 0 aliphatic carbocycles. The summed E-state index contributed by atoms with van der Waals surface area (Å²) in [6, 6.07) is 13.3. The number of benzene rings is 2. The van der Waals surface area contributed by atoms with E-state index in [1.807, 2.05) is 72.8 Å². The number of hydrogen-bond donors (Lipinski definition) is 5. The zero-order valence-corrected chi connectivity index (χ0v) is 38.3. The summed E-state index contributed by atoms with van der Waals surface area (Å²) in [7, 11) is 0. The smallest absolute Gasteiger partial charge is 0.480 e. The SMILES string of the molecule is CC(C)(C)[C@H](c1cc(-c2cc(F)ccc2F)cn1Cc1ccccc1)N(CC1CCNC1)C(=O)CSCC(NC(=O)CCOCCOCCOCCOCCN)C(=O)O.O=C(O)C(F)(F)F. The number of aliphatic carboxylic acids is 2. The van der Waals surface area contributed by atoms with Gasteiger partial charge in [-0.05, 0) is 60.7 Å². The molecule has 0 spiro atoms. The second-order valence-electron chi connectivity index (χ2n) is 16.3. The van der Waals surface area contributed by atoms with E-state index >= 15 is 4.39 Å². The summed E-state index contributed by atoms with van der Waals surface area (Å²) in [5, 5.41) is 23.0. The molecule has 2 heterocycles. The predicted octanol–water partition coefficient (Wildman–Crippen LogP) is 5.36. The fraction of sp³-hybridized carbons (Fsp3) is 0.556. The maximum absolute atomic E-state index is 15.2. The molecule has 2 amide bonds. The molecule has 1 saturated heterocycles. The quantitative estimate of drug-likeness (QED) is 0.0484. The second kappa shape index (κ2) is 28.5. The van der Waals surface area contributed by atoms with Crippen LogP contribution in [-0.2, 0) is 44.7 Å². The number of ether oxygens (including phenoxy) is 4. The van der Waals surface area contributed by atoms with Crippen LogP contribution in [0.3, 0.4) is 0 Å². The van der Waals surface area contributed by atoms with Crippen molar-refractivity contribution in [2.75, 3.05) is 90.5 Å². The van der Waals surface area contributed by atoms with Crippen molar-refractivity contribution in [3.05, 3.63) is 83.7 Å². The summed E-state index contributed by atoms with van der Waals surface area (Å²) in [6.07, 6.45) is -2.43. The molecular formula is C45H62F5N5O10S. The highest BCUT2D eigenvalue weighted by Gasteiger charge is 2.39. The molecule has 4 rings (SSSR count). The Morgan fingerprint density at radius 2 is 1.52 bits per heavy atom. The van der Waals surface area contributed by atoms with Gasteiger partial charge in [0.25, 0.3) is 0 Å². The largest absolute Gasteiger partial charge is 0.490 e. The second-order valence-corrected chi connectivity index (χ2v) is 17.4. The molecule has 0 radical (unpaired) electrons. The van der Waals surface area contributed by atoms with Gasteiger partial charge < -0.3 is 55.0 Å². The number of amides is 2. The zero-order valence-electron chi connectivity index (χ0n) is 37.5. The van der Waals surface area contributed by atoms with E-state index < -0.39 is 53.2 Å². The maximum atomic E-state index is 15.2. The molecule has 1 aliphatic heterocycles. The van der Waals surface area contributed by atoms with Gasteiger partial charge in [-0.1, -0.05) is 51.1 Å². The molecule has 3 atom stereocenters. The van der Waals surface area contributed by atoms with Crippen molar-refractivity contribution in [2.24, 2.45) is 17.1 Å². The van der Waals surface area contributed by atoms with Crippen LogP contribution < -0.4 is 16.4 Å². The molecule has 2 aromatic carbocycles. The average molecular weight is 960 g/mol. The summed E-state index contributed by atoms with van der Waals surface area (Å²) in [5.41, 5.74) is 7.23. The molecule has 1 aromatic heterocycles. The number of rotatable bonds is 27. The predicted molar refractivity (Wildman–Crippen MR) is 238 cm³/mol. The van der Waals surface area contributed by atoms with Crippen LogP contribution in [0.15, 0.2) is 60.8 Å². The van der Waals surface area contributed by atoms with Gasteiger partial charge in [-0.15, -0.1) is 11.8 Å². The highest BCUT2D eigenvalue weighted by Crippen LogP contribution is 2.42. The number of alkyl halides is 3. The van der Waals surface area contributed by atoms with Crippen molar-refractivity contribution < 1.29 is 70.3 Å². The van der Waals surface area contributed by atoms with Crippen molar-refractivity contribution in [3.63, 3.8) is 0 Å². The minimum absolute atomic E-state index is 0.0326. The first kappa shape index (κ1) is 55.7. The van der Waals surface area contributed by atoms with Crippen LogP contribution >= 0.6 is 11.8 Å². The van der Waals surface area contributed by atoms with Crippen LogP contribution in [0.4, 0.5) is 22.0 Å². The lowest BCUT2D eigenvalue weighted by Gasteiger charge is -2.42. The van der Waals surface area contributed by atoms with Crippen LogP contribution in [0.1, 0.15) is 50.9 Å². The number of thioether (sulfide) groups is 1. The molecule has 0 bridgehead atoms. The van der Waals surface area contributed by atoms with Crippen molar-refractivity contribution in [1.82, 2.24) is 20.1 Å². The molecule has 66 heavy (non-hydrogen) atoms. The van der Waals surface area contributed by atoms with Gasteiger partial charge in [0.05, 0.1) is 64.6 Å². The molecule has 2 unspecified atom stereocenters. The normalized spacial score (nSPS) is 14.8. The van der Waals surface area contributed by atoms with Gasteiger partial charge in [-0.2, -0.15) is 13.2 Å².